The van der Waals surface area contributed by atoms with Crippen LogP contribution in [0.5, 0.6) is 0 Å². The van der Waals surface area contributed by atoms with Gasteiger partial charge in [0.2, 0.25) is 5.78 Å². The van der Waals surface area contributed by atoms with Crippen LogP contribution in [0.1, 0.15) is 69.9 Å². The summed E-state index contributed by atoms with van der Waals surface area (Å²) in [5, 5.41) is 13.7. The van der Waals surface area contributed by atoms with E-state index in [0.717, 1.165) is 49.3 Å². The molecule has 3 aromatic rings. The number of carbonyl (C=O) groups excluding carboxylic acids is 2. The van der Waals surface area contributed by atoms with E-state index in [0.29, 0.717) is 12.0 Å². The van der Waals surface area contributed by atoms with Crippen molar-refractivity contribution in [3.8, 4) is 0 Å². The predicted octanol–water partition coefficient (Wildman–Crippen LogP) is 8.49. The average Bonchev–Trinajstić information content (AvgIpc) is 3.70. The van der Waals surface area contributed by atoms with Crippen molar-refractivity contribution in [2.45, 2.75) is 70.3 Å². The van der Waals surface area contributed by atoms with Crippen LogP contribution in [-0.2, 0) is 15.0 Å². The van der Waals surface area contributed by atoms with E-state index in [1.54, 1.807) is 12.2 Å². The summed E-state index contributed by atoms with van der Waals surface area (Å²) in [5.41, 5.74) is 7.05. The van der Waals surface area contributed by atoms with E-state index in [-0.39, 0.29) is 39.5 Å². The van der Waals surface area contributed by atoms with Gasteiger partial charge in [0.05, 0.1) is 11.1 Å². The third-order valence-electron chi connectivity index (χ3n) is 10.7. The minimum absolute atomic E-state index is 0.0909. The molecule has 45 heavy (non-hydrogen) atoms. The van der Waals surface area contributed by atoms with Gasteiger partial charge in [-0.25, -0.2) is 0 Å². The molecule has 0 saturated heterocycles. The van der Waals surface area contributed by atoms with Crippen LogP contribution in [-0.4, -0.2) is 29.3 Å². The van der Waals surface area contributed by atoms with Gasteiger partial charge >= 0.3 is 0 Å². The fourth-order valence-corrected chi connectivity index (χ4v) is 8.50. The first-order valence-electron chi connectivity index (χ1n) is 16.4. The Morgan fingerprint density at radius 1 is 0.956 bits per heavy atom. The smallest absolute Gasteiger partial charge is 0.201 e. The van der Waals surface area contributed by atoms with Gasteiger partial charge < -0.3 is 14.9 Å². The lowest BCUT2D eigenvalue weighted by Crippen LogP contribution is -2.32. The number of ketones is 2. The molecule has 226 valence electrons. The number of aliphatic hydroxyl groups excluding tert-OH is 1. The molecule has 5 heteroatoms. The van der Waals surface area contributed by atoms with Crippen LogP contribution in [0, 0.1) is 0 Å². The number of carbonyl (C=O) groups is 2. The fourth-order valence-electron chi connectivity index (χ4n) is 8.50. The number of fused-ring (bicyclic) bond motifs is 6. The molecule has 1 fully saturated rings. The Balaban J connectivity index is 1.15. The number of unbranched alkanes of at least 4 members (excludes halogenated alkanes) is 1. The summed E-state index contributed by atoms with van der Waals surface area (Å²) in [6.07, 6.45) is 12.7. The van der Waals surface area contributed by atoms with Crippen LogP contribution in [0.4, 0.5) is 11.4 Å². The number of rotatable bonds is 5. The zero-order valence-corrected chi connectivity index (χ0v) is 26.1. The highest BCUT2D eigenvalue weighted by molar-refractivity contribution is 6.26. The van der Waals surface area contributed by atoms with Gasteiger partial charge in [0.1, 0.15) is 5.76 Å². The Morgan fingerprint density at radius 3 is 2.56 bits per heavy atom. The number of Topliss-reactive ketones (excluding diaryl/α,β-unsaturated/α-hetero) is 1. The number of aliphatic hydroxyl groups is 1. The molecule has 0 bridgehead atoms. The number of hydrogen-bond donors (Lipinski definition) is 1. The standard InChI is InChI=1S/C40H38N2O3/c1-4-5-21-41-33-20-17-24-11-6-7-12-26(24)37(33)40(2,3)35(41)23-30-38(44)36(39(30)45)29-19-18-25(22-34(29)43)42-31-15-9-8-13-27(31)28-14-10-16-32(28)42/h6-9,11-13,15,17-20,22-23,28,32,44H,4-5,10,14,16,21H2,1-3H3/b35-23-,36-29-. The largest absolute Gasteiger partial charge is 0.506 e. The maximum absolute atomic E-state index is 13.7. The van der Waals surface area contributed by atoms with Crippen LogP contribution in [0.2, 0.25) is 0 Å². The van der Waals surface area contributed by atoms with Gasteiger partial charge in [0, 0.05) is 58.3 Å². The molecule has 0 spiro atoms. The second-order valence-corrected chi connectivity index (χ2v) is 13.5. The fraction of sp³-hybridized carbons (Fsp3) is 0.300. The van der Waals surface area contributed by atoms with Crippen molar-refractivity contribution in [1.29, 1.82) is 0 Å². The Labute approximate surface area is 264 Å². The van der Waals surface area contributed by atoms with Gasteiger partial charge in [0.25, 0.3) is 0 Å². The van der Waals surface area contributed by atoms with Crippen molar-refractivity contribution in [2.24, 2.45) is 0 Å². The first-order chi connectivity index (χ1) is 21.8. The number of hydrogen-bond acceptors (Lipinski definition) is 5. The van der Waals surface area contributed by atoms with Crippen molar-refractivity contribution < 1.29 is 14.7 Å². The second-order valence-electron chi connectivity index (χ2n) is 13.5. The molecule has 8 rings (SSSR count). The van der Waals surface area contributed by atoms with Crippen molar-refractivity contribution >= 4 is 33.7 Å². The Morgan fingerprint density at radius 2 is 1.76 bits per heavy atom. The van der Waals surface area contributed by atoms with E-state index < -0.39 is 0 Å². The molecule has 0 amide bonds. The monoisotopic (exact) mass is 594 g/mol. The summed E-state index contributed by atoms with van der Waals surface area (Å²) in [7, 11) is 0. The number of para-hydroxylation sites is 1. The molecular weight excluding hydrogens is 556 g/mol. The topological polar surface area (TPSA) is 60.9 Å². The van der Waals surface area contributed by atoms with Crippen LogP contribution < -0.4 is 9.80 Å². The minimum atomic E-state index is -0.386. The van der Waals surface area contributed by atoms with E-state index in [1.807, 2.05) is 12.2 Å². The lowest BCUT2D eigenvalue weighted by molar-refractivity contribution is -0.115. The number of benzene rings is 3. The molecule has 1 saturated carbocycles. The summed E-state index contributed by atoms with van der Waals surface area (Å²) < 4.78 is 0. The van der Waals surface area contributed by atoms with Gasteiger partial charge in [-0.05, 0) is 71.5 Å². The van der Waals surface area contributed by atoms with Gasteiger partial charge in [0.15, 0.2) is 5.78 Å². The highest BCUT2D eigenvalue weighted by atomic mass is 16.3. The molecule has 3 aromatic carbocycles. The summed E-state index contributed by atoms with van der Waals surface area (Å²) >= 11 is 0. The molecule has 2 aliphatic heterocycles. The molecule has 0 aromatic heterocycles. The molecule has 2 unspecified atom stereocenters. The molecule has 5 nitrogen and oxygen atoms in total. The minimum Gasteiger partial charge on any atom is -0.506 e. The first kappa shape index (κ1) is 27.9. The van der Waals surface area contributed by atoms with Crippen LogP contribution in [0.3, 0.4) is 0 Å². The quantitative estimate of drug-likeness (QED) is 0.300. The number of allylic oxidation sites excluding steroid dienone is 8. The zero-order valence-electron chi connectivity index (χ0n) is 26.1. The van der Waals surface area contributed by atoms with E-state index in [4.69, 9.17) is 0 Å². The molecule has 0 radical (unpaired) electrons. The Kier molecular flexibility index (Phi) is 6.32. The zero-order chi connectivity index (χ0) is 31.0. The van der Waals surface area contributed by atoms with Crippen LogP contribution in [0.15, 0.2) is 119 Å². The van der Waals surface area contributed by atoms with Gasteiger partial charge in [-0.1, -0.05) is 82.1 Å². The van der Waals surface area contributed by atoms with Gasteiger partial charge in [-0.2, -0.15) is 0 Å². The average molecular weight is 595 g/mol. The summed E-state index contributed by atoms with van der Waals surface area (Å²) in [6, 6.07) is 21.6. The van der Waals surface area contributed by atoms with Crippen LogP contribution in [0.25, 0.3) is 10.8 Å². The third-order valence-corrected chi connectivity index (χ3v) is 10.7. The lowest BCUT2D eigenvalue weighted by atomic mass is 9.77. The van der Waals surface area contributed by atoms with E-state index in [2.05, 4.69) is 91.2 Å². The first-order valence-corrected chi connectivity index (χ1v) is 16.4. The van der Waals surface area contributed by atoms with Crippen molar-refractivity contribution in [3.63, 3.8) is 0 Å². The number of anilines is 2. The summed E-state index contributed by atoms with van der Waals surface area (Å²) in [5.74, 6) is -0.120. The van der Waals surface area contributed by atoms with Crippen molar-refractivity contribution in [2.75, 3.05) is 16.3 Å². The summed E-state index contributed by atoms with van der Waals surface area (Å²) in [6.45, 7) is 7.39. The second kappa shape index (κ2) is 10.2. The maximum atomic E-state index is 13.7. The predicted molar refractivity (Wildman–Crippen MR) is 181 cm³/mol. The highest BCUT2D eigenvalue weighted by Gasteiger charge is 2.45. The van der Waals surface area contributed by atoms with Gasteiger partial charge in [-0.3, -0.25) is 9.59 Å². The number of nitrogens with zero attached hydrogens (tertiary/aromatic N) is 2. The Bertz CT molecular complexity index is 1970. The molecular formula is C40H38N2O3. The lowest BCUT2D eigenvalue weighted by Gasteiger charge is -2.31. The van der Waals surface area contributed by atoms with E-state index in [1.165, 1.54) is 34.0 Å². The SMILES string of the molecule is CCCCN1/C(=C\C2=C(O)C(=C3\C=CC(N4c5ccccc5C5CCCC54)=CC3=O)/C2=O)C(C)(C)c2c1ccc1ccccc21. The molecule has 5 aliphatic rings. The van der Waals surface area contributed by atoms with Gasteiger partial charge in [-0.15, -0.1) is 0 Å². The summed E-state index contributed by atoms with van der Waals surface area (Å²) in [4.78, 5) is 31.9. The molecule has 1 N–H and O–H groups in total. The highest BCUT2D eigenvalue weighted by Crippen LogP contribution is 2.53. The normalized spacial score (nSPS) is 25.7. The van der Waals surface area contributed by atoms with Crippen molar-refractivity contribution in [1.82, 2.24) is 0 Å². The molecule has 2 heterocycles. The van der Waals surface area contributed by atoms with E-state index in [9.17, 15) is 14.7 Å². The molecule has 3 aliphatic carbocycles. The maximum Gasteiger partial charge on any atom is 0.201 e. The van der Waals surface area contributed by atoms with Crippen LogP contribution >= 0.6 is 0 Å². The molecule has 2 atom stereocenters. The van der Waals surface area contributed by atoms with E-state index >= 15 is 0 Å². The third kappa shape index (κ3) is 3.99. The van der Waals surface area contributed by atoms with Crippen molar-refractivity contribution in [3.05, 3.63) is 130 Å². The Hall–Kier alpha value is -4.64.